The molecule has 5 rings (SSSR count). The first-order valence-electron chi connectivity index (χ1n) is 11.8. The summed E-state index contributed by atoms with van der Waals surface area (Å²) in [6, 6.07) is 8.55. The fourth-order valence-electron chi connectivity index (χ4n) is 6.91. The second-order valence-electron chi connectivity index (χ2n) is 10.4. The Hall–Kier alpha value is -1.75. The van der Waals surface area contributed by atoms with Gasteiger partial charge in [-0.25, -0.2) is 4.79 Å². The van der Waals surface area contributed by atoms with Crippen LogP contribution in [0.1, 0.15) is 71.0 Å². The van der Waals surface area contributed by atoms with Crippen LogP contribution < -0.4 is 10.1 Å². The predicted octanol–water partition coefficient (Wildman–Crippen LogP) is 5.25. The van der Waals surface area contributed by atoms with Crippen molar-refractivity contribution in [3.63, 3.8) is 0 Å². The highest BCUT2D eigenvalue weighted by Crippen LogP contribution is 2.63. The maximum Gasteiger partial charge on any atom is 0.407 e. The molecular formula is C25H35NO4. The molecule has 0 unspecified atom stereocenters. The van der Waals surface area contributed by atoms with Crippen molar-refractivity contribution in [1.82, 2.24) is 5.32 Å². The smallest absolute Gasteiger partial charge is 0.407 e. The molecule has 1 aromatic carbocycles. The van der Waals surface area contributed by atoms with E-state index in [1.807, 2.05) is 6.07 Å². The van der Waals surface area contributed by atoms with Gasteiger partial charge in [0.05, 0.1) is 12.7 Å². The van der Waals surface area contributed by atoms with Crippen LogP contribution in [0, 0.1) is 23.2 Å². The van der Waals surface area contributed by atoms with Crippen LogP contribution in [-0.2, 0) is 9.47 Å². The van der Waals surface area contributed by atoms with E-state index in [0.717, 1.165) is 30.6 Å². The molecule has 5 heteroatoms. The van der Waals surface area contributed by atoms with Gasteiger partial charge in [-0.1, -0.05) is 51.3 Å². The van der Waals surface area contributed by atoms with Gasteiger partial charge in [-0.05, 0) is 44.1 Å². The first-order chi connectivity index (χ1) is 14.4. The third kappa shape index (κ3) is 3.12. The number of benzene rings is 1. The molecule has 2 saturated carbocycles. The van der Waals surface area contributed by atoms with Crippen molar-refractivity contribution in [3.8, 4) is 5.75 Å². The van der Waals surface area contributed by atoms with Crippen molar-refractivity contribution in [3.05, 3.63) is 29.8 Å². The van der Waals surface area contributed by atoms with Crippen LogP contribution in [0.5, 0.6) is 5.75 Å². The molecule has 1 aromatic rings. The molecule has 1 saturated heterocycles. The molecule has 2 bridgehead atoms. The van der Waals surface area contributed by atoms with Gasteiger partial charge in [0.1, 0.15) is 18.0 Å². The Morgan fingerprint density at radius 2 is 1.97 bits per heavy atom. The maximum atomic E-state index is 12.5. The van der Waals surface area contributed by atoms with Crippen molar-refractivity contribution in [1.29, 1.82) is 0 Å². The summed E-state index contributed by atoms with van der Waals surface area (Å²) in [4.78, 5) is 12.5. The molecule has 164 valence electrons. The number of carbonyl (C=O) groups excluding carboxylic acids is 1. The Morgan fingerprint density at radius 1 is 1.20 bits per heavy atom. The SMILES string of the molecule is C[C@@H]1C[C@]2(C)Oc3ccccc3[C@H]3OC[C@]1(COC(=O)NC1CCCCC1)[C@@H](C)[C@@H]32. The van der Waals surface area contributed by atoms with Gasteiger partial charge < -0.3 is 19.5 Å². The van der Waals surface area contributed by atoms with E-state index in [2.05, 4.69) is 44.3 Å². The number of alkyl carbamates (subject to hydrolysis) is 1. The van der Waals surface area contributed by atoms with E-state index in [9.17, 15) is 4.79 Å². The molecule has 30 heavy (non-hydrogen) atoms. The fraction of sp³-hybridized carbons (Fsp3) is 0.720. The van der Waals surface area contributed by atoms with Gasteiger partial charge in [-0.3, -0.25) is 0 Å². The lowest BCUT2D eigenvalue weighted by Gasteiger charge is -2.63. The second kappa shape index (κ2) is 7.44. The number of nitrogens with one attached hydrogen (secondary N) is 1. The van der Waals surface area contributed by atoms with Gasteiger partial charge in [0, 0.05) is 22.9 Å². The van der Waals surface area contributed by atoms with Gasteiger partial charge >= 0.3 is 6.09 Å². The Morgan fingerprint density at radius 3 is 2.77 bits per heavy atom. The van der Waals surface area contributed by atoms with Crippen molar-refractivity contribution in [2.24, 2.45) is 23.2 Å². The lowest BCUT2D eigenvalue weighted by Crippen LogP contribution is -2.66. The van der Waals surface area contributed by atoms with Crippen molar-refractivity contribution in [2.45, 2.75) is 77.0 Å². The number of hydrogen-bond acceptors (Lipinski definition) is 4. The van der Waals surface area contributed by atoms with Crippen LogP contribution in [0.3, 0.4) is 0 Å². The van der Waals surface area contributed by atoms with Gasteiger partial charge in [0.2, 0.25) is 0 Å². The molecule has 4 aliphatic rings. The molecule has 2 aliphatic heterocycles. The van der Waals surface area contributed by atoms with Crippen LogP contribution in [0.4, 0.5) is 4.79 Å². The van der Waals surface area contributed by atoms with Crippen LogP contribution in [-0.4, -0.2) is 30.9 Å². The van der Waals surface area contributed by atoms with E-state index < -0.39 is 0 Å². The quantitative estimate of drug-likeness (QED) is 0.736. The summed E-state index contributed by atoms with van der Waals surface area (Å²) in [6.07, 6.45) is 6.52. The van der Waals surface area contributed by atoms with Crippen LogP contribution in [0.15, 0.2) is 24.3 Å². The van der Waals surface area contributed by atoms with Gasteiger partial charge in [0.15, 0.2) is 0 Å². The van der Waals surface area contributed by atoms with Gasteiger partial charge in [0.25, 0.3) is 0 Å². The van der Waals surface area contributed by atoms with E-state index in [0.29, 0.717) is 25.0 Å². The highest BCUT2D eigenvalue weighted by atomic mass is 16.6. The molecule has 1 amide bonds. The maximum absolute atomic E-state index is 12.5. The Labute approximate surface area is 179 Å². The molecule has 2 aliphatic carbocycles. The second-order valence-corrected chi connectivity index (χ2v) is 10.4. The lowest BCUT2D eigenvalue weighted by atomic mass is 9.50. The van der Waals surface area contributed by atoms with E-state index in [4.69, 9.17) is 14.2 Å². The summed E-state index contributed by atoms with van der Waals surface area (Å²) in [5.41, 5.74) is 0.734. The van der Waals surface area contributed by atoms with Crippen molar-refractivity contribution < 1.29 is 19.0 Å². The standard InChI is InChI=1S/C25H35NO4/c1-16-13-24(3)21-17(2)25(16,15-29-23(27)26-18-9-5-4-6-10-18)14-28-22(21)19-11-7-8-12-20(19)30-24/h7-8,11-12,16-18,21-22H,4-6,9-10,13-15H2,1-3H3,(H,26,27)/t16-,17+,21+,22-,24+,25-/m1/s1. The first kappa shape index (κ1) is 20.2. The number of ether oxygens (including phenoxy) is 3. The number of amides is 1. The molecule has 1 N–H and O–H groups in total. The zero-order valence-corrected chi connectivity index (χ0v) is 18.5. The molecule has 0 radical (unpaired) electrons. The third-order valence-corrected chi connectivity index (χ3v) is 8.67. The number of fused-ring (bicyclic) bond motifs is 3. The first-order valence-corrected chi connectivity index (χ1v) is 11.8. The summed E-state index contributed by atoms with van der Waals surface area (Å²) in [7, 11) is 0. The molecule has 3 fully saturated rings. The molecule has 2 heterocycles. The Kier molecular flexibility index (Phi) is 5.00. The van der Waals surface area contributed by atoms with E-state index >= 15 is 0 Å². The number of hydrogen-bond donors (Lipinski definition) is 1. The largest absolute Gasteiger partial charge is 0.487 e. The van der Waals surface area contributed by atoms with Gasteiger partial charge in [-0.15, -0.1) is 0 Å². The number of para-hydroxylation sites is 1. The minimum Gasteiger partial charge on any atom is -0.487 e. The summed E-state index contributed by atoms with van der Waals surface area (Å²) < 4.78 is 19.0. The normalized spacial score (nSPS) is 40.1. The topological polar surface area (TPSA) is 56.8 Å². The predicted molar refractivity (Wildman–Crippen MR) is 114 cm³/mol. The summed E-state index contributed by atoms with van der Waals surface area (Å²) in [5, 5.41) is 3.09. The number of carbonyl (C=O) groups is 1. The summed E-state index contributed by atoms with van der Waals surface area (Å²) in [6.45, 7) is 7.86. The Balaban J connectivity index is 1.34. The lowest BCUT2D eigenvalue weighted by molar-refractivity contribution is -0.259. The molecular weight excluding hydrogens is 378 g/mol. The van der Waals surface area contributed by atoms with Crippen LogP contribution >= 0.6 is 0 Å². The van der Waals surface area contributed by atoms with Crippen LogP contribution in [0.2, 0.25) is 0 Å². The van der Waals surface area contributed by atoms with E-state index in [1.54, 1.807) is 0 Å². The monoisotopic (exact) mass is 413 g/mol. The Bertz CT molecular complexity index is 806. The highest BCUT2D eigenvalue weighted by Gasteiger charge is 2.64. The minimum atomic E-state index is -0.267. The van der Waals surface area contributed by atoms with Crippen molar-refractivity contribution in [2.75, 3.05) is 13.2 Å². The average molecular weight is 414 g/mol. The molecule has 6 atom stereocenters. The van der Waals surface area contributed by atoms with Crippen LogP contribution in [0.25, 0.3) is 0 Å². The zero-order chi connectivity index (χ0) is 20.9. The van der Waals surface area contributed by atoms with E-state index in [-0.39, 0.29) is 35.2 Å². The number of rotatable bonds is 3. The summed E-state index contributed by atoms with van der Waals surface area (Å²) in [5.74, 6) is 1.88. The third-order valence-electron chi connectivity index (χ3n) is 8.67. The highest BCUT2D eigenvalue weighted by molar-refractivity contribution is 5.67. The molecule has 5 nitrogen and oxygen atoms in total. The zero-order valence-electron chi connectivity index (χ0n) is 18.5. The minimum absolute atomic E-state index is 0.0478. The average Bonchev–Trinajstić information content (AvgIpc) is 2.73. The molecule has 0 aromatic heterocycles. The van der Waals surface area contributed by atoms with E-state index in [1.165, 1.54) is 19.3 Å². The van der Waals surface area contributed by atoms with Gasteiger partial charge in [-0.2, -0.15) is 0 Å². The van der Waals surface area contributed by atoms with Crippen molar-refractivity contribution >= 4 is 6.09 Å². The fourth-order valence-corrected chi connectivity index (χ4v) is 6.91. The summed E-state index contributed by atoms with van der Waals surface area (Å²) >= 11 is 0. The molecule has 0 spiro atoms.